The summed E-state index contributed by atoms with van der Waals surface area (Å²) in [5.41, 5.74) is 5.27. The summed E-state index contributed by atoms with van der Waals surface area (Å²) in [7, 11) is 0. The minimum absolute atomic E-state index is 0. The van der Waals surface area contributed by atoms with Gasteiger partial charge in [0.1, 0.15) is 0 Å². The fraction of sp³-hybridized carbons (Fsp3) is 1.00. The summed E-state index contributed by atoms with van der Waals surface area (Å²) in [5, 5.41) is 0. The first-order valence-corrected chi connectivity index (χ1v) is 4.12. The van der Waals surface area contributed by atoms with Gasteiger partial charge in [-0.1, -0.05) is 40.0 Å². The van der Waals surface area contributed by atoms with Gasteiger partial charge in [0.2, 0.25) is 0 Å². The van der Waals surface area contributed by atoms with Gasteiger partial charge in [-0.3, -0.25) is 0 Å². The van der Waals surface area contributed by atoms with Crippen molar-refractivity contribution in [2.75, 3.05) is 6.54 Å². The highest BCUT2D eigenvalue weighted by Crippen LogP contribution is 1.95. The van der Waals surface area contributed by atoms with Gasteiger partial charge in [-0.25, -0.2) is 0 Å². The zero-order valence-corrected chi connectivity index (χ0v) is 8.61. The van der Waals surface area contributed by atoms with Crippen molar-refractivity contribution < 1.29 is 0 Å². The maximum Gasteiger partial charge on any atom is -0.00773 e. The smallest absolute Gasteiger partial charge is 0.00773 e. The molecule has 0 rings (SSSR count). The zero-order valence-electron chi connectivity index (χ0n) is 7.61. The highest BCUT2D eigenvalue weighted by Gasteiger charge is 1.80. The lowest BCUT2D eigenvalue weighted by Crippen LogP contribution is -1.97. The summed E-state index contributed by atoms with van der Waals surface area (Å²) in [5.74, 6) is 0. The van der Waals surface area contributed by atoms with Crippen LogP contribution < -0.4 is 5.73 Å². The Balaban J connectivity index is -0.000000149. The first-order valence-electron chi connectivity index (χ1n) is 4.12. The van der Waals surface area contributed by atoms with Crippen molar-refractivity contribution in [2.45, 2.75) is 46.5 Å². The number of nitrogens with two attached hydrogens (primary N) is 1. The van der Waals surface area contributed by atoms with Crippen molar-refractivity contribution in [2.24, 2.45) is 5.73 Å². The molecular weight excluding hydrogens is 142 g/mol. The molecule has 0 saturated heterocycles. The second-order valence-corrected chi connectivity index (χ2v) is 1.85. The van der Waals surface area contributed by atoms with Crippen LogP contribution in [-0.2, 0) is 0 Å². The lowest BCUT2D eigenvalue weighted by atomic mass is 10.2. The van der Waals surface area contributed by atoms with Gasteiger partial charge >= 0.3 is 0 Å². The number of hydrogen-bond acceptors (Lipinski definition) is 1. The Kier molecular flexibility index (Phi) is 38.1. The Morgan fingerprint density at radius 1 is 1.00 bits per heavy atom. The van der Waals surface area contributed by atoms with Crippen LogP contribution in [0.2, 0.25) is 0 Å². The number of rotatable bonds is 4. The fourth-order valence-corrected chi connectivity index (χ4v) is 0.571. The molecule has 0 heterocycles. The van der Waals surface area contributed by atoms with Crippen molar-refractivity contribution in [3.05, 3.63) is 0 Å². The molecule has 0 unspecified atom stereocenters. The van der Waals surface area contributed by atoms with E-state index in [1.54, 1.807) is 0 Å². The van der Waals surface area contributed by atoms with Crippen molar-refractivity contribution >= 4 is 13.5 Å². The molecule has 2 N–H and O–H groups in total. The third-order valence-electron chi connectivity index (χ3n) is 1.06. The quantitative estimate of drug-likeness (QED) is 0.637. The number of hydrogen-bond donors (Lipinski definition) is 1. The predicted molar refractivity (Wildman–Crippen MR) is 54.9 cm³/mol. The third kappa shape index (κ3) is 23.9. The van der Waals surface area contributed by atoms with E-state index in [4.69, 9.17) is 5.73 Å². The second-order valence-electron chi connectivity index (χ2n) is 1.85. The van der Waals surface area contributed by atoms with E-state index in [-0.39, 0.29) is 13.5 Å². The van der Waals surface area contributed by atoms with E-state index in [2.05, 4.69) is 6.92 Å². The Labute approximate surface area is 72.8 Å². The highest BCUT2D eigenvalue weighted by molar-refractivity contribution is 7.59. The van der Waals surface area contributed by atoms with Crippen LogP contribution in [0.3, 0.4) is 0 Å². The Morgan fingerprint density at radius 2 is 1.50 bits per heavy atom. The first kappa shape index (κ1) is 16.7. The molecule has 0 aromatic rings. The SMILES string of the molecule is CC.CCCCCCN.S. The largest absolute Gasteiger partial charge is 0.330 e. The molecule has 0 radical (unpaired) electrons. The van der Waals surface area contributed by atoms with E-state index in [1.807, 2.05) is 13.8 Å². The summed E-state index contributed by atoms with van der Waals surface area (Å²) < 4.78 is 0. The first-order chi connectivity index (χ1) is 4.41. The molecule has 2 heteroatoms. The molecule has 0 aromatic carbocycles. The van der Waals surface area contributed by atoms with Crippen LogP contribution >= 0.6 is 13.5 Å². The molecule has 1 nitrogen and oxygen atoms in total. The minimum atomic E-state index is 0. The maximum atomic E-state index is 5.27. The molecule has 0 atom stereocenters. The molecule has 0 aliphatic heterocycles. The average molecular weight is 165 g/mol. The molecule has 0 fully saturated rings. The van der Waals surface area contributed by atoms with Crippen LogP contribution in [0, 0.1) is 0 Å². The summed E-state index contributed by atoms with van der Waals surface area (Å²) in [6, 6.07) is 0. The summed E-state index contributed by atoms with van der Waals surface area (Å²) in [6.45, 7) is 7.07. The molecule has 0 amide bonds. The molecule has 0 spiro atoms. The molecule has 0 aliphatic rings. The third-order valence-corrected chi connectivity index (χ3v) is 1.06. The van der Waals surface area contributed by atoms with Gasteiger partial charge in [0.25, 0.3) is 0 Å². The Hall–Kier alpha value is 0.310. The van der Waals surface area contributed by atoms with E-state index in [0.717, 1.165) is 6.54 Å². The highest BCUT2D eigenvalue weighted by atomic mass is 32.1. The summed E-state index contributed by atoms with van der Waals surface area (Å²) in [4.78, 5) is 0. The van der Waals surface area contributed by atoms with Gasteiger partial charge in [-0.15, -0.1) is 0 Å². The Morgan fingerprint density at radius 3 is 1.80 bits per heavy atom. The minimum Gasteiger partial charge on any atom is -0.330 e. The van der Waals surface area contributed by atoms with Crippen LogP contribution in [0.25, 0.3) is 0 Å². The van der Waals surface area contributed by atoms with Gasteiger partial charge in [0.15, 0.2) is 0 Å². The average Bonchev–Trinajstić information content (AvgIpc) is 1.94. The lowest BCUT2D eigenvalue weighted by molar-refractivity contribution is 0.674. The topological polar surface area (TPSA) is 26.0 Å². The lowest BCUT2D eigenvalue weighted by Gasteiger charge is -1.90. The van der Waals surface area contributed by atoms with Gasteiger partial charge < -0.3 is 5.73 Å². The van der Waals surface area contributed by atoms with E-state index < -0.39 is 0 Å². The van der Waals surface area contributed by atoms with Crippen LogP contribution in [0.4, 0.5) is 0 Å². The van der Waals surface area contributed by atoms with Crippen LogP contribution in [-0.4, -0.2) is 6.54 Å². The van der Waals surface area contributed by atoms with Gasteiger partial charge in [0, 0.05) is 0 Å². The van der Waals surface area contributed by atoms with Gasteiger partial charge in [-0.2, -0.15) is 13.5 Å². The molecular formula is C8H23NS. The van der Waals surface area contributed by atoms with E-state index >= 15 is 0 Å². The van der Waals surface area contributed by atoms with Crippen LogP contribution in [0.1, 0.15) is 46.5 Å². The van der Waals surface area contributed by atoms with Crippen LogP contribution in [0.15, 0.2) is 0 Å². The van der Waals surface area contributed by atoms with E-state index in [1.165, 1.54) is 25.7 Å². The van der Waals surface area contributed by atoms with Crippen molar-refractivity contribution in [3.8, 4) is 0 Å². The standard InChI is InChI=1S/C6H15N.C2H6.H2S/c1-2-3-4-5-6-7;1-2;/h2-7H2,1H3;1-2H3;1H2. The van der Waals surface area contributed by atoms with Crippen molar-refractivity contribution in [1.82, 2.24) is 0 Å². The zero-order chi connectivity index (χ0) is 7.54. The summed E-state index contributed by atoms with van der Waals surface area (Å²) in [6.07, 6.45) is 5.16. The summed E-state index contributed by atoms with van der Waals surface area (Å²) >= 11 is 0. The van der Waals surface area contributed by atoms with Crippen molar-refractivity contribution in [1.29, 1.82) is 0 Å². The fourth-order valence-electron chi connectivity index (χ4n) is 0.571. The molecule has 0 aliphatic carbocycles. The molecule has 0 aromatic heterocycles. The molecule has 0 bridgehead atoms. The predicted octanol–water partition coefficient (Wildman–Crippen LogP) is 2.66. The van der Waals surface area contributed by atoms with E-state index in [9.17, 15) is 0 Å². The molecule has 66 valence electrons. The second kappa shape index (κ2) is 22.8. The normalized spacial score (nSPS) is 7.20. The Bertz CT molecular complexity index is 28.4. The van der Waals surface area contributed by atoms with Gasteiger partial charge in [0.05, 0.1) is 0 Å². The van der Waals surface area contributed by atoms with Crippen molar-refractivity contribution in [3.63, 3.8) is 0 Å². The molecule has 10 heavy (non-hydrogen) atoms. The maximum absolute atomic E-state index is 5.27. The van der Waals surface area contributed by atoms with E-state index in [0.29, 0.717) is 0 Å². The monoisotopic (exact) mass is 165 g/mol. The molecule has 0 saturated carbocycles. The van der Waals surface area contributed by atoms with Gasteiger partial charge in [-0.05, 0) is 13.0 Å². The van der Waals surface area contributed by atoms with Crippen LogP contribution in [0.5, 0.6) is 0 Å². The number of unbranched alkanes of at least 4 members (excludes halogenated alkanes) is 3.